The van der Waals surface area contributed by atoms with Gasteiger partial charge in [0.15, 0.2) is 0 Å². The Balaban J connectivity index is 4.60. The second-order valence-electron chi connectivity index (χ2n) is 8.15. The maximum absolute atomic E-state index is 12.5. The molecule has 1 unspecified atom stereocenters. The van der Waals surface area contributed by atoms with Crippen molar-refractivity contribution >= 4 is 23.4 Å². The summed E-state index contributed by atoms with van der Waals surface area (Å²) in [4.78, 5) is 48.2. The van der Waals surface area contributed by atoms with Crippen LogP contribution in [0, 0.1) is 11.8 Å². The molecule has 0 aromatic rings. The molecule has 3 N–H and O–H groups in total. The van der Waals surface area contributed by atoms with Gasteiger partial charge in [-0.2, -0.15) is 0 Å². The minimum atomic E-state index is -0.741. The summed E-state index contributed by atoms with van der Waals surface area (Å²) in [6.45, 7) is 12.4. The van der Waals surface area contributed by atoms with Gasteiger partial charge in [-0.1, -0.05) is 41.5 Å². The fourth-order valence-corrected chi connectivity index (χ4v) is 2.49. The van der Waals surface area contributed by atoms with Crippen LogP contribution in [0.1, 0.15) is 73.6 Å². The maximum atomic E-state index is 12.5. The molecule has 0 aromatic carbocycles. The predicted octanol–water partition coefficient (Wildman–Crippen LogP) is 1.99. The van der Waals surface area contributed by atoms with Gasteiger partial charge in [0.25, 0.3) is 0 Å². The molecular weight excluding hydrogens is 358 g/mol. The lowest BCUT2D eigenvalue weighted by Crippen LogP contribution is -2.48. The highest BCUT2D eigenvalue weighted by Gasteiger charge is 2.22. The molecule has 0 spiro atoms. The third kappa shape index (κ3) is 12.6. The number of carbonyl (C=O) groups excluding carboxylic acids is 4. The highest BCUT2D eigenvalue weighted by atomic mass is 16.2. The lowest BCUT2D eigenvalue weighted by Gasteiger charge is -2.19. The van der Waals surface area contributed by atoms with E-state index in [9.17, 15) is 19.2 Å². The van der Waals surface area contributed by atoms with Crippen LogP contribution in [0.3, 0.4) is 0 Å². The Bertz CT molecular complexity index is 516. The first-order valence-corrected chi connectivity index (χ1v) is 10.4. The van der Waals surface area contributed by atoms with E-state index < -0.39 is 6.04 Å². The summed E-state index contributed by atoms with van der Waals surface area (Å²) in [6, 6.07) is -0.417. The number of carbonyl (C=O) groups is 4. The zero-order valence-electron chi connectivity index (χ0n) is 18.4. The first-order valence-electron chi connectivity index (χ1n) is 10.4. The van der Waals surface area contributed by atoms with Gasteiger partial charge < -0.3 is 16.0 Å². The van der Waals surface area contributed by atoms with Crippen LogP contribution in [0.25, 0.3) is 0 Å². The van der Waals surface area contributed by atoms with E-state index in [1.165, 1.54) is 0 Å². The van der Waals surface area contributed by atoms with Gasteiger partial charge in [0.1, 0.15) is 17.6 Å². The fraction of sp³-hybridized carbons (Fsp3) is 0.810. The van der Waals surface area contributed by atoms with Crippen molar-refractivity contribution in [2.24, 2.45) is 11.8 Å². The standard InChI is InChI=1S/C21H39N3O4/c1-14(2)18(25)8-7-9-20(27)24-17(10-11-19(26)15(3)4)21(28)23-13-12-22-16(5)6/h14-17,22H,7-13H2,1-6H3,(H,23,28)(H,24,27). The van der Waals surface area contributed by atoms with Crippen LogP contribution in [0.4, 0.5) is 0 Å². The van der Waals surface area contributed by atoms with E-state index in [2.05, 4.69) is 16.0 Å². The van der Waals surface area contributed by atoms with Gasteiger partial charge in [0.2, 0.25) is 11.8 Å². The summed E-state index contributed by atoms with van der Waals surface area (Å²) in [7, 11) is 0. The average Bonchev–Trinajstić information content (AvgIpc) is 2.61. The number of ketones is 2. The number of hydrogen-bond donors (Lipinski definition) is 3. The Morgan fingerprint density at radius 3 is 1.86 bits per heavy atom. The highest BCUT2D eigenvalue weighted by Crippen LogP contribution is 2.07. The Hall–Kier alpha value is -1.76. The van der Waals surface area contributed by atoms with Gasteiger partial charge in [-0.15, -0.1) is 0 Å². The van der Waals surface area contributed by atoms with E-state index in [1.54, 1.807) is 0 Å². The molecule has 0 rings (SSSR count). The molecule has 0 saturated heterocycles. The predicted molar refractivity (Wildman–Crippen MR) is 111 cm³/mol. The second kappa shape index (κ2) is 14.3. The van der Waals surface area contributed by atoms with Crippen molar-refractivity contribution in [1.82, 2.24) is 16.0 Å². The van der Waals surface area contributed by atoms with Crippen LogP contribution in [0.15, 0.2) is 0 Å². The SMILES string of the molecule is CC(C)NCCNC(=O)C(CCC(=O)C(C)C)NC(=O)CCCC(=O)C(C)C. The van der Waals surface area contributed by atoms with Crippen molar-refractivity contribution in [3.8, 4) is 0 Å². The Morgan fingerprint density at radius 1 is 0.750 bits per heavy atom. The molecule has 0 fully saturated rings. The molecule has 0 radical (unpaired) electrons. The Kier molecular flexibility index (Phi) is 13.4. The first-order chi connectivity index (χ1) is 13.0. The Labute approximate surface area is 169 Å². The molecule has 0 aliphatic rings. The number of amides is 2. The summed E-state index contributed by atoms with van der Waals surface area (Å²) < 4.78 is 0. The number of nitrogens with one attached hydrogen (secondary N) is 3. The van der Waals surface area contributed by atoms with Crippen LogP contribution in [-0.2, 0) is 19.2 Å². The van der Waals surface area contributed by atoms with Crippen LogP contribution >= 0.6 is 0 Å². The monoisotopic (exact) mass is 397 g/mol. The summed E-state index contributed by atoms with van der Waals surface area (Å²) in [5.41, 5.74) is 0. The van der Waals surface area contributed by atoms with Gasteiger partial charge in [-0.25, -0.2) is 0 Å². The third-order valence-electron chi connectivity index (χ3n) is 4.42. The normalized spacial score (nSPS) is 12.3. The lowest BCUT2D eigenvalue weighted by atomic mass is 10.0. The van der Waals surface area contributed by atoms with Gasteiger partial charge in [0, 0.05) is 50.2 Å². The molecule has 0 bridgehead atoms. The first kappa shape index (κ1) is 26.2. The molecule has 28 heavy (non-hydrogen) atoms. The van der Waals surface area contributed by atoms with Crippen LogP contribution in [-0.4, -0.2) is 48.6 Å². The molecule has 0 heterocycles. The van der Waals surface area contributed by atoms with Crippen molar-refractivity contribution in [2.45, 2.75) is 85.7 Å². The zero-order chi connectivity index (χ0) is 21.7. The van der Waals surface area contributed by atoms with E-state index in [0.717, 1.165) is 0 Å². The number of Topliss-reactive ketones (excluding diaryl/α,β-unsaturated/α-hetero) is 2. The largest absolute Gasteiger partial charge is 0.353 e. The summed E-state index contributed by atoms with van der Waals surface area (Å²) in [5.74, 6) is -0.499. The van der Waals surface area contributed by atoms with Gasteiger partial charge in [-0.05, 0) is 12.8 Å². The number of rotatable bonds is 15. The van der Waals surface area contributed by atoms with Crippen molar-refractivity contribution in [2.75, 3.05) is 13.1 Å². The van der Waals surface area contributed by atoms with E-state index in [4.69, 9.17) is 0 Å². The molecule has 0 aromatic heterocycles. The minimum Gasteiger partial charge on any atom is -0.353 e. The molecule has 2 amide bonds. The maximum Gasteiger partial charge on any atom is 0.242 e. The molecule has 7 heteroatoms. The van der Waals surface area contributed by atoms with Crippen LogP contribution in [0.2, 0.25) is 0 Å². The summed E-state index contributed by atoms with van der Waals surface area (Å²) in [5, 5.41) is 8.74. The summed E-state index contributed by atoms with van der Waals surface area (Å²) >= 11 is 0. The van der Waals surface area contributed by atoms with Crippen molar-refractivity contribution in [3.63, 3.8) is 0 Å². The van der Waals surface area contributed by atoms with E-state index in [1.807, 2.05) is 41.5 Å². The molecule has 7 nitrogen and oxygen atoms in total. The zero-order valence-corrected chi connectivity index (χ0v) is 18.4. The summed E-state index contributed by atoms with van der Waals surface area (Å²) in [6.07, 6.45) is 1.52. The second-order valence-corrected chi connectivity index (χ2v) is 8.15. The van der Waals surface area contributed by atoms with E-state index in [-0.39, 0.29) is 54.5 Å². The third-order valence-corrected chi connectivity index (χ3v) is 4.42. The fourth-order valence-electron chi connectivity index (χ4n) is 2.49. The lowest BCUT2D eigenvalue weighted by molar-refractivity contribution is -0.130. The number of hydrogen-bond acceptors (Lipinski definition) is 5. The topological polar surface area (TPSA) is 104 Å². The highest BCUT2D eigenvalue weighted by molar-refractivity contribution is 5.89. The van der Waals surface area contributed by atoms with E-state index >= 15 is 0 Å². The van der Waals surface area contributed by atoms with Gasteiger partial charge in [0.05, 0.1) is 0 Å². The van der Waals surface area contributed by atoms with Crippen LogP contribution < -0.4 is 16.0 Å². The molecule has 0 saturated carbocycles. The van der Waals surface area contributed by atoms with Crippen molar-refractivity contribution in [1.29, 1.82) is 0 Å². The molecule has 0 aliphatic carbocycles. The molecule has 162 valence electrons. The van der Waals surface area contributed by atoms with Crippen molar-refractivity contribution in [3.05, 3.63) is 0 Å². The van der Waals surface area contributed by atoms with Gasteiger partial charge >= 0.3 is 0 Å². The molecule has 0 aliphatic heterocycles. The van der Waals surface area contributed by atoms with Gasteiger partial charge in [-0.3, -0.25) is 19.2 Å². The Morgan fingerprint density at radius 2 is 1.32 bits per heavy atom. The smallest absolute Gasteiger partial charge is 0.242 e. The minimum absolute atomic E-state index is 0.0388. The molecule has 1 atom stereocenters. The van der Waals surface area contributed by atoms with E-state index in [0.29, 0.717) is 32.0 Å². The average molecular weight is 398 g/mol. The van der Waals surface area contributed by atoms with Crippen LogP contribution in [0.5, 0.6) is 0 Å². The van der Waals surface area contributed by atoms with Crippen molar-refractivity contribution < 1.29 is 19.2 Å². The quantitative estimate of drug-likeness (QED) is 0.367. The molecular formula is C21H39N3O4.